The van der Waals surface area contributed by atoms with Crippen LogP contribution in [0, 0.1) is 0 Å². The van der Waals surface area contributed by atoms with E-state index >= 15 is 0 Å². The molecule has 1 nitrogen and oxygen atoms in total. The largest absolute Gasteiger partial charge is 0.291 e. The minimum Gasteiger partial charge on any atom is -0.291 e. The van der Waals surface area contributed by atoms with Crippen LogP contribution in [0.25, 0.3) is 0 Å². The molecule has 0 N–H and O–H groups in total. The molecule has 9 heavy (non-hydrogen) atoms. The second kappa shape index (κ2) is 1.74. The Bertz CT molecular complexity index is 203. The molecule has 0 saturated heterocycles. The molecule has 0 radical (unpaired) electrons. The van der Waals surface area contributed by atoms with Gasteiger partial charge >= 0.3 is 0 Å². The molecule has 0 heterocycles. The number of carbonyl (C=O) groups excluding carboxylic acids is 1. The summed E-state index contributed by atoms with van der Waals surface area (Å²) in [6.07, 6.45) is 0. The SMILES string of the molecule is CC1=C(Cl)C(=O)C1(C)Cl. The molecular weight excluding hydrogens is 159 g/mol. The van der Waals surface area contributed by atoms with E-state index in [-0.39, 0.29) is 5.78 Å². The molecule has 0 spiro atoms. The first-order valence-electron chi connectivity index (χ1n) is 2.58. The molecule has 1 rings (SSSR count). The van der Waals surface area contributed by atoms with Gasteiger partial charge in [-0.15, -0.1) is 11.6 Å². The third-order valence-electron chi connectivity index (χ3n) is 1.66. The number of hydrogen-bond donors (Lipinski definition) is 0. The van der Waals surface area contributed by atoms with Gasteiger partial charge in [0.25, 0.3) is 0 Å². The Kier molecular flexibility index (Phi) is 1.37. The number of allylic oxidation sites excluding steroid dienone is 2. The number of halogens is 2. The first-order valence-corrected chi connectivity index (χ1v) is 3.34. The maximum absolute atomic E-state index is 10.8. The molecule has 1 atom stereocenters. The van der Waals surface area contributed by atoms with Crippen LogP contribution < -0.4 is 0 Å². The zero-order chi connectivity index (χ0) is 7.23. The van der Waals surface area contributed by atoms with Gasteiger partial charge in [0, 0.05) is 0 Å². The van der Waals surface area contributed by atoms with Gasteiger partial charge in [-0.1, -0.05) is 11.6 Å². The highest BCUT2D eigenvalue weighted by Gasteiger charge is 2.45. The Morgan fingerprint density at radius 2 is 2.00 bits per heavy atom. The second-order valence-corrected chi connectivity index (χ2v) is 3.40. The fraction of sp³-hybridized carbons (Fsp3) is 0.500. The van der Waals surface area contributed by atoms with Crippen LogP contribution >= 0.6 is 23.2 Å². The van der Waals surface area contributed by atoms with Gasteiger partial charge in [0.1, 0.15) is 4.87 Å². The Hall–Kier alpha value is -0.0100. The zero-order valence-electron chi connectivity index (χ0n) is 5.16. The van der Waals surface area contributed by atoms with Crippen LogP contribution in [0.1, 0.15) is 13.8 Å². The van der Waals surface area contributed by atoms with E-state index in [4.69, 9.17) is 23.2 Å². The van der Waals surface area contributed by atoms with E-state index in [1.54, 1.807) is 13.8 Å². The van der Waals surface area contributed by atoms with Gasteiger partial charge in [-0.25, -0.2) is 0 Å². The minimum atomic E-state index is -0.808. The number of alkyl halides is 1. The van der Waals surface area contributed by atoms with Gasteiger partial charge < -0.3 is 0 Å². The van der Waals surface area contributed by atoms with Crippen molar-refractivity contribution in [3.8, 4) is 0 Å². The first-order chi connectivity index (χ1) is 3.98. The van der Waals surface area contributed by atoms with Crippen molar-refractivity contribution >= 4 is 29.0 Å². The van der Waals surface area contributed by atoms with Crippen molar-refractivity contribution in [2.24, 2.45) is 0 Å². The predicted octanol–water partition coefficient (Wildman–Crippen LogP) is 2.08. The summed E-state index contributed by atoms with van der Waals surface area (Å²) in [5, 5.41) is 0.299. The molecule has 1 aliphatic rings. The molecule has 1 aliphatic carbocycles. The Labute approximate surface area is 63.6 Å². The minimum absolute atomic E-state index is 0.164. The lowest BCUT2D eigenvalue weighted by Crippen LogP contribution is -2.40. The highest BCUT2D eigenvalue weighted by atomic mass is 35.5. The molecule has 50 valence electrons. The molecule has 1 unspecified atom stereocenters. The molecule has 0 bridgehead atoms. The van der Waals surface area contributed by atoms with Crippen LogP contribution in [-0.4, -0.2) is 10.7 Å². The van der Waals surface area contributed by atoms with Crippen molar-refractivity contribution in [2.45, 2.75) is 18.7 Å². The molecule has 0 fully saturated rings. The van der Waals surface area contributed by atoms with E-state index in [2.05, 4.69) is 0 Å². The normalized spacial score (nSPS) is 34.9. The monoisotopic (exact) mass is 164 g/mol. The highest BCUT2D eigenvalue weighted by molar-refractivity contribution is 6.56. The average Bonchev–Trinajstić information content (AvgIpc) is 1.84. The number of carbonyl (C=O) groups is 1. The number of Topliss-reactive ketones (excluding diaryl/α,β-unsaturated/α-hetero) is 1. The molecule has 0 aromatic rings. The van der Waals surface area contributed by atoms with Crippen LogP contribution in [0.5, 0.6) is 0 Å². The number of ketones is 1. The van der Waals surface area contributed by atoms with Crippen molar-refractivity contribution in [2.75, 3.05) is 0 Å². The van der Waals surface area contributed by atoms with Crippen molar-refractivity contribution in [3.63, 3.8) is 0 Å². The maximum Gasteiger partial charge on any atom is 0.198 e. The molecule has 0 aliphatic heterocycles. The summed E-state index contributed by atoms with van der Waals surface area (Å²) in [5.74, 6) is -0.164. The second-order valence-electron chi connectivity index (χ2n) is 2.27. The summed E-state index contributed by atoms with van der Waals surface area (Å²) < 4.78 is 0. The van der Waals surface area contributed by atoms with E-state index < -0.39 is 4.87 Å². The van der Waals surface area contributed by atoms with E-state index in [1.807, 2.05) is 0 Å². The first kappa shape index (κ1) is 7.10. The Morgan fingerprint density at radius 3 is 2.11 bits per heavy atom. The maximum atomic E-state index is 10.8. The third-order valence-corrected chi connectivity index (χ3v) is 2.57. The third kappa shape index (κ3) is 0.717. The number of rotatable bonds is 0. The van der Waals surface area contributed by atoms with Crippen LogP contribution in [0.15, 0.2) is 10.6 Å². The van der Waals surface area contributed by atoms with Gasteiger partial charge in [-0.3, -0.25) is 4.79 Å². The topological polar surface area (TPSA) is 17.1 Å². The van der Waals surface area contributed by atoms with Gasteiger partial charge in [-0.05, 0) is 19.4 Å². The Morgan fingerprint density at radius 1 is 1.56 bits per heavy atom. The van der Waals surface area contributed by atoms with Crippen molar-refractivity contribution < 1.29 is 4.79 Å². The lowest BCUT2D eigenvalue weighted by molar-refractivity contribution is -0.118. The lowest BCUT2D eigenvalue weighted by Gasteiger charge is -2.31. The molecule has 0 saturated carbocycles. The fourth-order valence-corrected chi connectivity index (χ4v) is 1.35. The van der Waals surface area contributed by atoms with Crippen LogP contribution in [0.2, 0.25) is 0 Å². The quantitative estimate of drug-likeness (QED) is 0.502. The van der Waals surface area contributed by atoms with Gasteiger partial charge in [0.2, 0.25) is 0 Å². The summed E-state index contributed by atoms with van der Waals surface area (Å²) in [6, 6.07) is 0. The summed E-state index contributed by atoms with van der Waals surface area (Å²) in [5.41, 5.74) is 0.774. The van der Waals surface area contributed by atoms with E-state index in [0.29, 0.717) is 5.03 Å². The highest BCUT2D eigenvalue weighted by Crippen LogP contribution is 2.41. The predicted molar refractivity (Wildman–Crippen MR) is 37.8 cm³/mol. The average molecular weight is 165 g/mol. The van der Waals surface area contributed by atoms with Crippen LogP contribution in [0.4, 0.5) is 0 Å². The van der Waals surface area contributed by atoms with Gasteiger partial charge in [0.15, 0.2) is 5.78 Å². The zero-order valence-corrected chi connectivity index (χ0v) is 6.68. The van der Waals surface area contributed by atoms with E-state index in [1.165, 1.54) is 0 Å². The van der Waals surface area contributed by atoms with Crippen molar-refractivity contribution in [1.29, 1.82) is 0 Å². The lowest BCUT2D eigenvalue weighted by atomic mass is 9.85. The summed E-state index contributed by atoms with van der Waals surface area (Å²) in [6.45, 7) is 3.41. The van der Waals surface area contributed by atoms with Gasteiger partial charge in [0.05, 0.1) is 5.03 Å². The summed E-state index contributed by atoms with van der Waals surface area (Å²) in [7, 11) is 0. The standard InChI is InChI=1S/C6H6Cl2O/c1-3-4(7)5(9)6(3,2)8/h1-2H3. The molecule has 0 aromatic heterocycles. The van der Waals surface area contributed by atoms with Crippen molar-refractivity contribution in [1.82, 2.24) is 0 Å². The molecule has 3 heteroatoms. The fourth-order valence-electron chi connectivity index (χ4n) is 0.690. The smallest absolute Gasteiger partial charge is 0.198 e. The summed E-state index contributed by atoms with van der Waals surface area (Å²) in [4.78, 5) is 9.96. The molecule has 0 aromatic carbocycles. The number of hydrogen-bond acceptors (Lipinski definition) is 1. The van der Waals surface area contributed by atoms with Crippen molar-refractivity contribution in [3.05, 3.63) is 10.6 Å². The molecular formula is C6H6Cl2O. The van der Waals surface area contributed by atoms with E-state index in [0.717, 1.165) is 5.57 Å². The van der Waals surface area contributed by atoms with Crippen LogP contribution in [0.3, 0.4) is 0 Å². The Balaban J connectivity index is 3.06. The molecule has 0 amide bonds. The van der Waals surface area contributed by atoms with Crippen LogP contribution in [-0.2, 0) is 4.79 Å². The van der Waals surface area contributed by atoms with E-state index in [9.17, 15) is 4.79 Å². The summed E-state index contributed by atoms with van der Waals surface area (Å²) >= 11 is 11.2. The van der Waals surface area contributed by atoms with Gasteiger partial charge in [-0.2, -0.15) is 0 Å².